The van der Waals surface area contributed by atoms with Crippen LogP contribution < -0.4 is 5.32 Å². The number of nitrogens with one attached hydrogen (secondary N) is 1. The fraction of sp³-hybridized carbons (Fsp3) is 0.133. The van der Waals surface area contributed by atoms with Gasteiger partial charge in [-0.2, -0.15) is 0 Å². The lowest BCUT2D eigenvalue weighted by molar-refractivity contribution is 1.03. The van der Waals surface area contributed by atoms with E-state index in [1.807, 2.05) is 0 Å². The van der Waals surface area contributed by atoms with Crippen molar-refractivity contribution in [3.05, 3.63) is 64.1 Å². The molecule has 1 aliphatic rings. The minimum atomic E-state index is 0.773. The van der Waals surface area contributed by atoms with Crippen LogP contribution in [0.1, 0.15) is 11.1 Å². The number of benzene rings is 2. The van der Waals surface area contributed by atoms with Crippen LogP contribution >= 0.6 is 15.9 Å². The van der Waals surface area contributed by atoms with Gasteiger partial charge in [-0.25, -0.2) is 0 Å². The minimum absolute atomic E-state index is 0.773. The lowest BCUT2D eigenvalue weighted by atomic mass is 10.1. The summed E-state index contributed by atoms with van der Waals surface area (Å²) in [5.74, 6) is 1.04. The Bertz CT molecular complexity index is 588. The zero-order valence-electron chi connectivity index (χ0n) is 9.86. The maximum Gasteiger partial charge on any atom is 0.106 e. The van der Waals surface area contributed by atoms with Crippen molar-refractivity contribution in [2.24, 2.45) is 4.99 Å². The van der Waals surface area contributed by atoms with Crippen molar-refractivity contribution in [2.75, 3.05) is 5.32 Å². The minimum Gasteiger partial charge on any atom is -0.344 e. The first-order valence-corrected chi connectivity index (χ1v) is 6.73. The lowest BCUT2D eigenvalue weighted by Crippen LogP contribution is -2.20. The van der Waals surface area contributed by atoms with Crippen LogP contribution in [0.2, 0.25) is 0 Å². The van der Waals surface area contributed by atoms with Crippen LogP contribution in [0.25, 0.3) is 0 Å². The Morgan fingerprint density at radius 2 is 1.83 bits per heavy atom. The van der Waals surface area contributed by atoms with E-state index in [2.05, 4.69) is 74.8 Å². The van der Waals surface area contributed by atoms with E-state index >= 15 is 0 Å². The largest absolute Gasteiger partial charge is 0.344 e. The van der Waals surface area contributed by atoms with Gasteiger partial charge in [0.2, 0.25) is 0 Å². The van der Waals surface area contributed by atoms with E-state index < -0.39 is 0 Å². The molecule has 3 rings (SSSR count). The molecular weight excluding hydrogens is 288 g/mol. The van der Waals surface area contributed by atoms with Crippen molar-refractivity contribution < 1.29 is 0 Å². The second-order valence-corrected chi connectivity index (χ2v) is 5.26. The van der Waals surface area contributed by atoms with Gasteiger partial charge in [-0.1, -0.05) is 46.3 Å². The molecular formula is C15H13BrN2. The van der Waals surface area contributed by atoms with Crippen molar-refractivity contribution in [1.29, 1.82) is 0 Å². The Balaban J connectivity index is 1.76. The Morgan fingerprint density at radius 3 is 2.67 bits per heavy atom. The van der Waals surface area contributed by atoms with Gasteiger partial charge in [-0.05, 0) is 29.3 Å². The molecule has 3 heteroatoms. The van der Waals surface area contributed by atoms with E-state index in [1.165, 1.54) is 16.8 Å². The zero-order valence-corrected chi connectivity index (χ0v) is 11.4. The molecule has 0 bridgehead atoms. The van der Waals surface area contributed by atoms with Crippen molar-refractivity contribution in [3.63, 3.8) is 0 Å². The molecule has 0 radical (unpaired) electrons. The number of hydrogen-bond acceptors (Lipinski definition) is 2. The van der Waals surface area contributed by atoms with Gasteiger partial charge in [0, 0.05) is 16.6 Å². The number of rotatable bonds is 2. The molecule has 0 aliphatic carbocycles. The van der Waals surface area contributed by atoms with Crippen LogP contribution in [0.3, 0.4) is 0 Å². The summed E-state index contributed by atoms with van der Waals surface area (Å²) in [4.78, 5) is 4.58. The second kappa shape index (κ2) is 4.94. The summed E-state index contributed by atoms with van der Waals surface area (Å²) in [6, 6.07) is 16.7. The Hall–Kier alpha value is -1.61. The van der Waals surface area contributed by atoms with E-state index in [0.29, 0.717) is 0 Å². The molecule has 1 aliphatic heterocycles. The summed E-state index contributed by atoms with van der Waals surface area (Å²) < 4.78 is 1.11. The molecule has 2 aromatic carbocycles. The predicted molar refractivity (Wildman–Crippen MR) is 79.0 cm³/mol. The third-order valence-electron chi connectivity index (χ3n) is 3.02. The first-order chi connectivity index (χ1) is 8.81. The molecule has 18 heavy (non-hydrogen) atoms. The SMILES string of the molecule is Brc1ccc(CC2=NCc3ccccc3N2)cc1. The molecule has 1 N–H and O–H groups in total. The van der Waals surface area contributed by atoms with Gasteiger partial charge in [-0.3, -0.25) is 4.99 Å². The molecule has 0 aromatic heterocycles. The standard InChI is InChI=1S/C15H13BrN2/c16-13-7-5-11(6-8-13)9-15-17-10-12-3-1-2-4-14(12)18-15/h1-8H,9-10H2,(H,17,18). The maximum absolute atomic E-state index is 4.58. The summed E-state index contributed by atoms with van der Waals surface area (Å²) in [7, 11) is 0. The highest BCUT2D eigenvalue weighted by molar-refractivity contribution is 9.10. The van der Waals surface area contributed by atoms with Gasteiger partial charge < -0.3 is 5.32 Å². The average Bonchev–Trinajstić information content (AvgIpc) is 2.41. The van der Waals surface area contributed by atoms with E-state index in [0.717, 1.165) is 23.3 Å². The molecule has 2 nitrogen and oxygen atoms in total. The van der Waals surface area contributed by atoms with E-state index in [9.17, 15) is 0 Å². The molecule has 0 saturated heterocycles. The fourth-order valence-corrected chi connectivity index (χ4v) is 2.32. The Labute approximate surface area is 115 Å². The normalized spacial score (nSPS) is 13.5. The molecule has 90 valence electrons. The number of amidine groups is 1. The van der Waals surface area contributed by atoms with E-state index in [1.54, 1.807) is 0 Å². The molecule has 0 amide bonds. The molecule has 2 aromatic rings. The molecule has 0 unspecified atom stereocenters. The first-order valence-electron chi connectivity index (χ1n) is 5.94. The highest BCUT2D eigenvalue weighted by atomic mass is 79.9. The fourth-order valence-electron chi connectivity index (χ4n) is 2.05. The molecule has 0 saturated carbocycles. The number of para-hydroxylation sites is 1. The van der Waals surface area contributed by atoms with E-state index in [4.69, 9.17) is 0 Å². The lowest BCUT2D eigenvalue weighted by Gasteiger charge is -2.18. The summed E-state index contributed by atoms with van der Waals surface area (Å²) in [6.07, 6.45) is 0.849. The van der Waals surface area contributed by atoms with Crippen molar-refractivity contribution in [3.8, 4) is 0 Å². The number of anilines is 1. The third kappa shape index (κ3) is 2.46. The highest BCUT2D eigenvalue weighted by Crippen LogP contribution is 2.21. The van der Waals surface area contributed by atoms with Crippen LogP contribution in [0.15, 0.2) is 58.0 Å². The van der Waals surface area contributed by atoms with Crippen molar-refractivity contribution in [2.45, 2.75) is 13.0 Å². The number of hydrogen-bond donors (Lipinski definition) is 1. The van der Waals surface area contributed by atoms with Crippen LogP contribution in [-0.4, -0.2) is 5.84 Å². The van der Waals surface area contributed by atoms with Crippen LogP contribution in [0.4, 0.5) is 5.69 Å². The Morgan fingerprint density at radius 1 is 1.06 bits per heavy atom. The molecule has 0 fully saturated rings. The quantitative estimate of drug-likeness (QED) is 0.890. The Kier molecular flexibility index (Phi) is 3.15. The van der Waals surface area contributed by atoms with Gasteiger partial charge in [0.05, 0.1) is 6.54 Å². The number of aliphatic imine (C=N–C) groups is 1. The smallest absolute Gasteiger partial charge is 0.106 e. The van der Waals surface area contributed by atoms with E-state index in [-0.39, 0.29) is 0 Å². The highest BCUT2D eigenvalue weighted by Gasteiger charge is 2.10. The van der Waals surface area contributed by atoms with Crippen LogP contribution in [-0.2, 0) is 13.0 Å². The second-order valence-electron chi connectivity index (χ2n) is 4.35. The van der Waals surface area contributed by atoms with Gasteiger partial charge in [0.1, 0.15) is 5.84 Å². The number of nitrogens with zero attached hydrogens (tertiary/aromatic N) is 1. The predicted octanol–water partition coefficient (Wildman–Crippen LogP) is 4.02. The van der Waals surface area contributed by atoms with Crippen LogP contribution in [0.5, 0.6) is 0 Å². The molecule has 0 atom stereocenters. The van der Waals surface area contributed by atoms with Gasteiger partial charge in [0.15, 0.2) is 0 Å². The summed E-state index contributed by atoms with van der Waals surface area (Å²) in [5, 5.41) is 3.40. The third-order valence-corrected chi connectivity index (χ3v) is 3.55. The van der Waals surface area contributed by atoms with Gasteiger partial charge in [-0.15, -0.1) is 0 Å². The number of halogens is 1. The molecule has 1 heterocycles. The van der Waals surface area contributed by atoms with Crippen molar-refractivity contribution >= 4 is 27.5 Å². The van der Waals surface area contributed by atoms with Gasteiger partial charge in [0.25, 0.3) is 0 Å². The summed E-state index contributed by atoms with van der Waals surface area (Å²) >= 11 is 3.45. The zero-order chi connectivity index (χ0) is 12.4. The van der Waals surface area contributed by atoms with Crippen LogP contribution in [0, 0.1) is 0 Å². The average molecular weight is 301 g/mol. The summed E-state index contributed by atoms with van der Waals surface area (Å²) in [6.45, 7) is 0.773. The van der Waals surface area contributed by atoms with Gasteiger partial charge >= 0.3 is 0 Å². The first kappa shape index (κ1) is 11.5. The topological polar surface area (TPSA) is 24.4 Å². The number of fused-ring (bicyclic) bond motifs is 1. The van der Waals surface area contributed by atoms with Crippen molar-refractivity contribution in [1.82, 2.24) is 0 Å². The molecule has 0 spiro atoms. The maximum atomic E-state index is 4.58. The monoisotopic (exact) mass is 300 g/mol. The summed E-state index contributed by atoms with van der Waals surface area (Å²) in [5.41, 5.74) is 3.71.